The lowest BCUT2D eigenvalue weighted by molar-refractivity contribution is 0.573. The van der Waals surface area contributed by atoms with Gasteiger partial charge in [-0.25, -0.2) is 0 Å². The van der Waals surface area contributed by atoms with Crippen LogP contribution in [0.3, 0.4) is 0 Å². The molecular formula is C14H25ClN2S. The fraction of sp³-hybridized carbons (Fsp3) is 0.786. The van der Waals surface area contributed by atoms with Crippen LogP contribution in [0, 0.1) is 0 Å². The highest BCUT2D eigenvalue weighted by atomic mass is 35.5. The second-order valence-corrected chi connectivity index (χ2v) is 5.97. The van der Waals surface area contributed by atoms with Crippen LogP contribution < -0.4 is 0 Å². The molecule has 1 aromatic heterocycles. The molecule has 2 nitrogen and oxygen atoms in total. The van der Waals surface area contributed by atoms with Gasteiger partial charge >= 0.3 is 0 Å². The number of nitrogens with zero attached hydrogens (tertiary/aromatic N) is 2. The average Bonchev–Trinajstić information content (AvgIpc) is 2.75. The van der Waals surface area contributed by atoms with E-state index in [1.54, 1.807) is 0 Å². The lowest BCUT2D eigenvalue weighted by atomic mass is 10.0. The van der Waals surface area contributed by atoms with Gasteiger partial charge < -0.3 is 0 Å². The van der Waals surface area contributed by atoms with Gasteiger partial charge in [-0.3, -0.25) is 4.68 Å². The molecule has 0 radical (unpaired) electrons. The summed E-state index contributed by atoms with van der Waals surface area (Å²) < 4.78 is 2.19. The summed E-state index contributed by atoms with van der Waals surface area (Å²) in [6.45, 7) is 7.52. The van der Waals surface area contributed by atoms with Gasteiger partial charge in [0.25, 0.3) is 0 Å². The summed E-state index contributed by atoms with van der Waals surface area (Å²) in [4.78, 5) is 0. The quantitative estimate of drug-likeness (QED) is 0.519. The van der Waals surface area contributed by atoms with Crippen LogP contribution in [-0.2, 0) is 19.4 Å². The lowest BCUT2D eigenvalue weighted by Crippen LogP contribution is -2.06. The molecule has 0 fully saturated rings. The predicted molar refractivity (Wildman–Crippen MR) is 82.9 cm³/mol. The van der Waals surface area contributed by atoms with E-state index in [-0.39, 0.29) is 5.38 Å². The van der Waals surface area contributed by atoms with E-state index in [1.165, 1.54) is 29.1 Å². The van der Waals surface area contributed by atoms with E-state index in [0.29, 0.717) is 0 Å². The molecule has 18 heavy (non-hydrogen) atoms. The first kappa shape index (κ1) is 15.9. The molecule has 0 saturated heterocycles. The van der Waals surface area contributed by atoms with Gasteiger partial charge in [0.2, 0.25) is 0 Å². The fourth-order valence-corrected chi connectivity index (χ4v) is 2.98. The normalized spacial score (nSPS) is 12.9. The Morgan fingerprint density at radius 3 is 2.50 bits per heavy atom. The number of halogens is 1. The molecule has 1 rings (SSSR count). The molecule has 0 amide bonds. The molecule has 1 unspecified atom stereocenters. The first-order chi connectivity index (χ1) is 8.69. The van der Waals surface area contributed by atoms with Crippen molar-refractivity contribution in [2.45, 2.75) is 58.4 Å². The van der Waals surface area contributed by atoms with Crippen LogP contribution in [0.15, 0.2) is 0 Å². The zero-order chi connectivity index (χ0) is 13.5. The van der Waals surface area contributed by atoms with Crippen molar-refractivity contribution in [2.24, 2.45) is 0 Å². The van der Waals surface area contributed by atoms with Crippen LogP contribution in [-0.4, -0.2) is 21.8 Å². The standard InChI is InChI=1S/C14H25ClN2S/c1-5-11(15)14-12(6-2)16-17(13(14)7-3)9-8-10-18-4/h11H,5-10H2,1-4H3. The first-order valence-electron chi connectivity index (χ1n) is 6.90. The van der Waals surface area contributed by atoms with Crippen LogP contribution in [0.2, 0.25) is 0 Å². The topological polar surface area (TPSA) is 17.8 Å². The van der Waals surface area contributed by atoms with Crippen molar-refractivity contribution in [1.29, 1.82) is 0 Å². The Morgan fingerprint density at radius 2 is 2.00 bits per heavy atom. The Kier molecular flexibility index (Phi) is 7.16. The minimum Gasteiger partial charge on any atom is -0.269 e. The van der Waals surface area contributed by atoms with Gasteiger partial charge in [0, 0.05) is 17.8 Å². The Labute approximate surface area is 120 Å². The molecule has 0 aliphatic heterocycles. The molecule has 0 bridgehead atoms. The van der Waals surface area contributed by atoms with Gasteiger partial charge in [0.1, 0.15) is 0 Å². The van der Waals surface area contributed by atoms with Gasteiger partial charge in [-0.1, -0.05) is 20.8 Å². The Hall–Kier alpha value is -0.150. The summed E-state index contributed by atoms with van der Waals surface area (Å²) in [5.41, 5.74) is 3.83. The monoisotopic (exact) mass is 288 g/mol. The van der Waals surface area contributed by atoms with E-state index >= 15 is 0 Å². The molecule has 104 valence electrons. The van der Waals surface area contributed by atoms with Crippen molar-refractivity contribution in [3.8, 4) is 0 Å². The highest BCUT2D eigenvalue weighted by Crippen LogP contribution is 2.31. The van der Waals surface area contributed by atoms with E-state index in [9.17, 15) is 0 Å². The number of alkyl halides is 1. The molecule has 4 heteroatoms. The Morgan fingerprint density at radius 1 is 1.28 bits per heavy atom. The van der Waals surface area contributed by atoms with E-state index in [0.717, 1.165) is 25.8 Å². The average molecular weight is 289 g/mol. The first-order valence-corrected chi connectivity index (χ1v) is 8.73. The zero-order valence-electron chi connectivity index (χ0n) is 12.0. The van der Waals surface area contributed by atoms with Crippen molar-refractivity contribution in [3.05, 3.63) is 17.0 Å². The highest BCUT2D eigenvalue weighted by Gasteiger charge is 2.20. The SMILES string of the molecule is CCc1nn(CCCSC)c(CC)c1C(Cl)CC. The second-order valence-electron chi connectivity index (χ2n) is 4.46. The molecular weight excluding hydrogens is 264 g/mol. The molecule has 0 saturated carbocycles. The van der Waals surface area contributed by atoms with Crippen LogP contribution in [0.5, 0.6) is 0 Å². The van der Waals surface area contributed by atoms with Crippen LogP contribution in [0.1, 0.15) is 55.9 Å². The predicted octanol–water partition coefficient (Wildman–Crippen LogP) is 4.45. The third-order valence-electron chi connectivity index (χ3n) is 3.23. The third kappa shape index (κ3) is 3.67. The van der Waals surface area contributed by atoms with Gasteiger partial charge in [-0.2, -0.15) is 16.9 Å². The smallest absolute Gasteiger partial charge is 0.0671 e. The lowest BCUT2D eigenvalue weighted by Gasteiger charge is -2.11. The molecule has 0 aliphatic rings. The third-order valence-corrected chi connectivity index (χ3v) is 4.46. The van der Waals surface area contributed by atoms with Crippen molar-refractivity contribution >= 4 is 23.4 Å². The Bertz CT molecular complexity index is 363. The van der Waals surface area contributed by atoms with E-state index in [1.807, 2.05) is 11.8 Å². The summed E-state index contributed by atoms with van der Waals surface area (Å²) in [5.74, 6) is 1.19. The maximum Gasteiger partial charge on any atom is 0.0671 e. The molecule has 0 aromatic carbocycles. The van der Waals surface area contributed by atoms with Crippen LogP contribution in [0.25, 0.3) is 0 Å². The summed E-state index contributed by atoms with van der Waals surface area (Å²) in [6, 6.07) is 0. The minimum absolute atomic E-state index is 0.115. The second kappa shape index (κ2) is 8.11. The number of aromatic nitrogens is 2. The van der Waals surface area contributed by atoms with Crippen LogP contribution >= 0.6 is 23.4 Å². The van der Waals surface area contributed by atoms with Gasteiger partial charge in [0.15, 0.2) is 0 Å². The molecule has 0 aliphatic carbocycles. The van der Waals surface area contributed by atoms with Gasteiger partial charge in [-0.15, -0.1) is 11.6 Å². The van der Waals surface area contributed by atoms with Crippen molar-refractivity contribution in [2.75, 3.05) is 12.0 Å². The van der Waals surface area contributed by atoms with E-state index in [2.05, 4.69) is 31.7 Å². The van der Waals surface area contributed by atoms with Crippen molar-refractivity contribution in [1.82, 2.24) is 9.78 Å². The number of hydrogen-bond acceptors (Lipinski definition) is 2. The summed E-state index contributed by atoms with van der Waals surface area (Å²) >= 11 is 8.37. The van der Waals surface area contributed by atoms with Gasteiger partial charge in [0.05, 0.1) is 11.1 Å². The largest absolute Gasteiger partial charge is 0.269 e. The fourth-order valence-electron chi connectivity index (χ4n) is 2.31. The van der Waals surface area contributed by atoms with E-state index in [4.69, 9.17) is 16.7 Å². The van der Waals surface area contributed by atoms with Crippen LogP contribution in [0.4, 0.5) is 0 Å². The minimum atomic E-state index is 0.115. The van der Waals surface area contributed by atoms with Gasteiger partial charge in [-0.05, 0) is 37.7 Å². The number of thioether (sulfide) groups is 1. The zero-order valence-corrected chi connectivity index (χ0v) is 13.6. The maximum absolute atomic E-state index is 6.48. The van der Waals surface area contributed by atoms with Crippen molar-refractivity contribution < 1.29 is 0 Å². The van der Waals surface area contributed by atoms with Crippen molar-refractivity contribution in [3.63, 3.8) is 0 Å². The maximum atomic E-state index is 6.48. The highest BCUT2D eigenvalue weighted by molar-refractivity contribution is 7.98. The number of hydrogen-bond donors (Lipinski definition) is 0. The van der Waals surface area contributed by atoms with E-state index < -0.39 is 0 Å². The summed E-state index contributed by atoms with van der Waals surface area (Å²) in [7, 11) is 0. The summed E-state index contributed by atoms with van der Waals surface area (Å²) in [5, 5.41) is 4.88. The molecule has 1 heterocycles. The number of rotatable bonds is 8. The molecule has 1 aromatic rings. The summed E-state index contributed by atoms with van der Waals surface area (Å²) in [6.07, 6.45) is 6.29. The molecule has 0 spiro atoms. The molecule has 1 atom stereocenters. The molecule has 0 N–H and O–H groups in total. The number of aryl methyl sites for hydroxylation is 2. The Balaban J connectivity index is 3.00.